The van der Waals surface area contributed by atoms with E-state index in [2.05, 4.69) is 4.72 Å². The number of methoxy groups -OCH3 is 1. The largest absolute Gasteiger partial charge is 0.387 e. The maximum absolute atomic E-state index is 11.7. The second-order valence-electron chi connectivity index (χ2n) is 4.54. The Balaban J connectivity index is 1.81. The summed E-state index contributed by atoms with van der Waals surface area (Å²) in [5.74, 6) is 0.304. The highest BCUT2D eigenvalue weighted by molar-refractivity contribution is 7.87. The van der Waals surface area contributed by atoms with Gasteiger partial charge in [-0.1, -0.05) is 0 Å². The van der Waals surface area contributed by atoms with Crippen molar-refractivity contribution in [3.05, 3.63) is 0 Å². The first-order chi connectivity index (χ1) is 7.48. The minimum atomic E-state index is -3.43. The molecule has 0 atom stereocenters. The van der Waals surface area contributed by atoms with Crippen molar-refractivity contribution in [3.8, 4) is 0 Å². The molecule has 2 rings (SSSR count). The van der Waals surface area contributed by atoms with Gasteiger partial charge in [0.15, 0.2) is 0 Å². The van der Waals surface area contributed by atoms with Crippen molar-refractivity contribution < 1.29 is 18.3 Å². The summed E-state index contributed by atoms with van der Waals surface area (Å²) in [4.78, 5) is 0. The predicted octanol–water partition coefficient (Wildman–Crippen LogP) is -1.08. The topological polar surface area (TPSA) is 78.9 Å². The average Bonchev–Trinajstić information content (AvgIpc) is 2.96. The molecule has 1 heterocycles. The number of nitrogens with one attached hydrogen (secondary N) is 1. The minimum Gasteiger partial charge on any atom is -0.387 e. The summed E-state index contributed by atoms with van der Waals surface area (Å²) in [6.45, 7) is 1.05. The van der Waals surface area contributed by atoms with E-state index < -0.39 is 15.8 Å². The lowest BCUT2D eigenvalue weighted by molar-refractivity contribution is -0.0769. The Kier molecular flexibility index (Phi) is 3.24. The van der Waals surface area contributed by atoms with Crippen LogP contribution in [0.3, 0.4) is 0 Å². The molecule has 1 aliphatic heterocycles. The van der Waals surface area contributed by atoms with Crippen LogP contribution in [0, 0.1) is 5.92 Å². The molecule has 0 aromatic carbocycles. The molecule has 0 aromatic heterocycles. The maximum Gasteiger partial charge on any atom is 0.279 e. The van der Waals surface area contributed by atoms with Crippen LogP contribution >= 0.6 is 0 Å². The third-order valence-electron chi connectivity index (χ3n) is 3.17. The summed E-state index contributed by atoms with van der Waals surface area (Å²) in [7, 11) is -1.91. The zero-order chi connectivity index (χ0) is 11.8. The van der Waals surface area contributed by atoms with Gasteiger partial charge in [0.25, 0.3) is 10.2 Å². The van der Waals surface area contributed by atoms with Gasteiger partial charge in [-0.3, -0.25) is 0 Å². The van der Waals surface area contributed by atoms with Crippen molar-refractivity contribution in [2.45, 2.75) is 18.4 Å². The third kappa shape index (κ3) is 2.38. The fourth-order valence-corrected chi connectivity index (χ4v) is 3.29. The molecule has 0 aromatic rings. The maximum atomic E-state index is 11.7. The number of aliphatic hydroxyl groups is 1. The van der Waals surface area contributed by atoms with Crippen molar-refractivity contribution in [2.24, 2.45) is 5.92 Å². The second-order valence-corrected chi connectivity index (χ2v) is 6.29. The quantitative estimate of drug-likeness (QED) is 0.588. The van der Waals surface area contributed by atoms with Gasteiger partial charge < -0.3 is 9.84 Å². The Hall–Kier alpha value is -0.210. The van der Waals surface area contributed by atoms with Crippen LogP contribution in [0.2, 0.25) is 0 Å². The smallest absolute Gasteiger partial charge is 0.279 e. The zero-order valence-corrected chi connectivity index (χ0v) is 10.2. The molecule has 0 radical (unpaired) electrons. The molecule has 1 aliphatic carbocycles. The number of nitrogens with zero attached hydrogens (tertiary/aromatic N) is 1. The van der Waals surface area contributed by atoms with Gasteiger partial charge in [-0.2, -0.15) is 17.4 Å². The SMILES string of the molecule is COCCNS(=O)(=O)N1CC(O)(C2CC2)C1. The molecule has 6 nitrogen and oxygen atoms in total. The van der Waals surface area contributed by atoms with Crippen LogP contribution in [-0.4, -0.2) is 56.8 Å². The van der Waals surface area contributed by atoms with Crippen LogP contribution in [-0.2, 0) is 14.9 Å². The summed E-state index contributed by atoms with van der Waals surface area (Å²) in [6, 6.07) is 0. The first kappa shape index (κ1) is 12.3. The predicted molar refractivity (Wildman–Crippen MR) is 58.0 cm³/mol. The van der Waals surface area contributed by atoms with E-state index in [4.69, 9.17) is 4.74 Å². The lowest BCUT2D eigenvalue weighted by Gasteiger charge is -2.45. The van der Waals surface area contributed by atoms with Crippen molar-refractivity contribution in [1.82, 2.24) is 9.03 Å². The second kappa shape index (κ2) is 4.23. The van der Waals surface area contributed by atoms with Gasteiger partial charge in [0.2, 0.25) is 0 Å². The summed E-state index contributed by atoms with van der Waals surface area (Å²) in [5.41, 5.74) is -0.768. The van der Waals surface area contributed by atoms with E-state index in [9.17, 15) is 13.5 Å². The molecule has 16 heavy (non-hydrogen) atoms. The normalized spacial score (nSPS) is 25.4. The number of rotatable bonds is 6. The number of hydrogen-bond acceptors (Lipinski definition) is 4. The fourth-order valence-electron chi connectivity index (χ4n) is 1.98. The van der Waals surface area contributed by atoms with Gasteiger partial charge >= 0.3 is 0 Å². The lowest BCUT2D eigenvalue weighted by atomic mass is 9.91. The van der Waals surface area contributed by atoms with E-state index in [0.717, 1.165) is 12.8 Å². The molecule has 1 saturated carbocycles. The lowest BCUT2D eigenvalue weighted by Crippen LogP contribution is -2.66. The number of ether oxygens (including phenoxy) is 1. The van der Waals surface area contributed by atoms with Crippen molar-refractivity contribution in [2.75, 3.05) is 33.4 Å². The molecule has 2 aliphatic rings. The van der Waals surface area contributed by atoms with Crippen LogP contribution < -0.4 is 4.72 Å². The van der Waals surface area contributed by atoms with E-state index in [1.807, 2.05) is 0 Å². The average molecular weight is 250 g/mol. The first-order valence-corrected chi connectivity index (χ1v) is 6.88. The van der Waals surface area contributed by atoms with Gasteiger partial charge in [-0.15, -0.1) is 0 Å². The van der Waals surface area contributed by atoms with Crippen LogP contribution in [0.5, 0.6) is 0 Å². The fraction of sp³-hybridized carbons (Fsp3) is 1.00. The summed E-state index contributed by atoms with van der Waals surface area (Å²) in [5, 5.41) is 10.00. The Bertz CT molecular complexity index is 347. The van der Waals surface area contributed by atoms with E-state index in [0.29, 0.717) is 12.5 Å². The van der Waals surface area contributed by atoms with Crippen LogP contribution in [0.25, 0.3) is 0 Å². The molecular weight excluding hydrogens is 232 g/mol. The molecule has 7 heteroatoms. The highest BCUT2D eigenvalue weighted by atomic mass is 32.2. The van der Waals surface area contributed by atoms with E-state index in [-0.39, 0.29) is 19.6 Å². The minimum absolute atomic E-state index is 0.222. The highest BCUT2D eigenvalue weighted by Crippen LogP contribution is 2.44. The molecule has 2 fully saturated rings. The van der Waals surface area contributed by atoms with Crippen LogP contribution in [0.15, 0.2) is 0 Å². The monoisotopic (exact) mass is 250 g/mol. The van der Waals surface area contributed by atoms with Gasteiger partial charge in [0.1, 0.15) is 0 Å². The Morgan fingerprint density at radius 1 is 1.50 bits per heavy atom. The van der Waals surface area contributed by atoms with E-state index in [1.165, 1.54) is 11.4 Å². The Labute approximate surface area is 95.8 Å². The van der Waals surface area contributed by atoms with E-state index in [1.54, 1.807) is 0 Å². The van der Waals surface area contributed by atoms with Gasteiger partial charge in [-0.25, -0.2) is 0 Å². The Morgan fingerprint density at radius 2 is 2.12 bits per heavy atom. The Morgan fingerprint density at radius 3 is 2.62 bits per heavy atom. The van der Waals surface area contributed by atoms with Gasteiger partial charge in [-0.05, 0) is 18.8 Å². The molecule has 1 saturated heterocycles. The third-order valence-corrected chi connectivity index (χ3v) is 4.68. The molecule has 0 bridgehead atoms. The standard InChI is InChI=1S/C9H18N2O4S/c1-15-5-4-10-16(13,14)11-6-9(12,7-11)8-2-3-8/h8,10,12H,2-7H2,1H3. The molecular formula is C9H18N2O4S. The summed E-state index contributed by atoms with van der Waals surface area (Å²) >= 11 is 0. The molecule has 0 unspecified atom stereocenters. The van der Waals surface area contributed by atoms with Gasteiger partial charge in [0.05, 0.1) is 12.2 Å². The number of hydrogen-bond donors (Lipinski definition) is 2. The summed E-state index contributed by atoms with van der Waals surface area (Å²) in [6.07, 6.45) is 2.03. The van der Waals surface area contributed by atoms with Gasteiger partial charge in [0, 0.05) is 26.7 Å². The van der Waals surface area contributed by atoms with Crippen molar-refractivity contribution in [3.63, 3.8) is 0 Å². The van der Waals surface area contributed by atoms with Crippen molar-refractivity contribution in [1.29, 1.82) is 0 Å². The van der Waals surface area contributed by atoms with E-state index >= 15 is 0 Å². The summed E-state index contributed by atoms with van der Waals surface area (Å²) < 4.78 is 31.8. The molecule has 0 amide bonds. The highest BCUT2D eigenvalue weighted by Gasteiger charge is 2.55. The molecule has 2 N–H and O–H groups in total. The number of β-amino-alcohol motifs (C(OH)–C–C–N with tert-alkyl or cyclic N) is 1. The molecule has 94 valence electrons. The van der Waals surface area contributed by atoms with Crippen molar-refractivity contribution >= 4 is 10.2 Å². The molecule has 0 spiro atoms. The van der Waals surface area contributed by atoms with Crippen LogP contribution in [0.1, 0.15) is 12.8 Å². The first-order valence-electron chi connectivity index (χ1n) is 5.44. The van der Waals surface area contributed by atoms with Crippen LogP contribution in [0.4, 0.5) is 0 Å². The zero-order valence-electron chi connectivity index (χ0n) is 9.35.